The Kier molecular flexibility index (Phi) is 7.02. The smallest absolute Gasteiger partial charge is 0.125 e. The largest absolute Gasteiger partial charge is 0.380 e. The molecule has 0 spiro atoms. The van der Waals surface area contributed by atoms with E-state index in [1.54, 1.807) is 0 Å². The van der Waals surface area contributed by atoms with Crippen molar-refractivity contribution in [2.75, 3.05) is 5.32 Å². The molecule has 0 radical (unpaired) electrons. The van der Waals surface area contributed by atoms with Gasteiger partial charge in [-0.25, -0.2) is 4.39 Å². The van der Waals surface area contributed by atoms with Gasteiger partial charge in [0.25, 0.3) is 0 Å². The second-order valence-electron chi connectivity index (χ2n) is 4.64. The Hall–Kier alpha value is -0.280. The van der Waals surface area contributed by atoms with Gasteiger partial charge in [-0.05, 0) is 41.4 Å². The summed E-state index contributed by atoms with van der Waals surface area (Å²) in [6.45, 7) is 4.33. The van der Waals surface area contributed by atoms with Crippen LogP contribution in [0, 0.1) is 5.82 Å². The Bertz CT molecular complexity index is 361. The van der Waals surface area contributed by atoms with E-state index in [0.717, 1.165) is 12.1 Å². The molecule has 4 heteroatoms. The van der Waals surface area contributed by atoms with E-state index in [2.05, 4.69) is 35.1 Å². The summed E-state index contributed by atoms with van der Waals surface area (Å²) in [7, 11) is 0. The summed E-state index contributed by atoms with van der Waals surface area (Å²) in [5.41, 5.74) is 0.779. The number of rotatable bonds is 7. The van der Waals surface area contributed by atoms with Crippen LogP contribution in [-0.4, -0.2) is 6.04 Å². The topological polar surface area (TPSA) is 12.0 Å². The van der Waals surface area contributed by atoms with Crippen LogP contribution in [0.3, 0.4) is 0 Å². The summed E-state index contributed by atoms with van der Waals surface area (Å²) in [6.07, 6.45) is 6.10. The minimum atomic E-state index is -0.326. The number of anilines is 1. The minimum Gasteiger partial charge on any atom is -0.380 e. The lowest BCUT2D eigenvalue weighted by Gasteiger charge is -2.17. The molecule has 1 N–H and O–H groups in total. The second-order valence-corrected chi connectivity index (χ2v) is 5.90. The summed E-state index contributed by atoms with van der Waals surface area (Å²) >= 11 is 9.36. The Balaban J connectivity index is 2.51. The molecule has 0 aliphatic rings. The van der Waals surface area contributed by atoms with E-state index in [-0.39, 0.29) is 5.82 Å². The van der Waals surface area contributed by atoms with Crippen LogP contribution in [0.5, 0.6) is 0 Å². The maximum Gasteiger partial charge on any atom is 0.125 e. The minimum absolute atomic E-state index is 0.326. The summed E-state index contributed by atoms with van der Waals surface area (Å²) in [4.78, 5) is 0. The molecule has 102 valence electrons. The number of nitrogens with one attached hydrogen (secondary N) is 1. The molecule has 0 amide bonds. The summed E-state index contributed by atoms with van der Waals surface area (Å²) in [5, 5.41) is 3.76. The fourth-order valence-corrected chi connectivity index (χ4v) is 2.80. The van der Waals surface area contributed by atoms with Crippen LogP contribution >= 0.6 is 27.5 Å². The standard InChI is InChI=1S/C14H20BrClFN/c1-3-4-5-6-7-10(2)18-14-12(15)8-11(17)9-13(14)16/h8-10,18H,3-7H2,1-2H3. The molecule has 0 aliphatic heterocycles. The molecule has 0 aliphatic carbocycles. The lowest BCUT2D eigenvalue weighted by molar-refractivity contribution is 0.593. The summed E-state index contributed by atoms with van der Waals surface area (Å²) in [6, 6.07) is 3.09. The predicted octanol–water partition coefficient (Wildman–Crippen LogP) is 6.01. The zero-order valence-corrected chi connectivity index (χ0v) is 13.2. The van der Waals surface area contributed by atoms with Gasteiger partial charge in [-0.1, -0.05) is 44.2 Å². The molecule has 1 unspecified atom stereocenters. The number of hydrogen-bond acceptors (Lipinski definition) is 1. The molecule has 1 aromatic carbocycles. The molecular weight excluding hydrogens is 317 g/mol. The Morgan fingerprint density at radius 2 is 2.06 bits per heavy atom. The Morgan fingerprint density at radius 3 is 2.67 bits per heavy atom. The highest BCUT2D eigenvalue weighted by atomic mass is 79.9. The Morgan fingerprint density at radius 1 is 1.33 bits per heavy atom. The maximum atomic E-state index is 13.1. The summed E-state index contributed by atoms with van der Waals surface area (Å²) < 4.78 is 13.8. The van der Waals surface area contributed by atoms with Crippen LogP contribution in [0.15, 0.2) is 16.6 Å². The molecule has 0 heterocycles. The number of halogens is 3. The Labute approximate surface area is 122 Å². The first-order valence-electron chi connectivity index (χ1n) is 6.45. The molecule has 0 saturated heterocycles. The van der Waals surface area contributed by atoms with Gasteiger partial charge in [0.05, 0.1) is 10.7 Å². The van der Waals surface area contributed by atoms with E-state index in [0.29, 0.717) is 15.5 Å². The zero-order valence-electron chi connectivity index (χ0n) is 10.9. The first kappa shape index (κ1) is 15.8. The van der Waals surface area contributed by atoms with E-state index >= 15 is 0 Å². The monoisotopic (exact) mass is 335 g/mol. The van der Waals surface area contributed by atoms with Crippen LogP contribution in [0.4, 0.5) is 10.1 Å². The van der Waals surface area contributed by atoms with E-state index in [1.807, 2.05) is 0 Å². The van der Waals surface area contributed by atoms with E-state index in [4.69, 9.17) is 11.6 Å². The van der Waals surface area contributed by atoms with E-state index in [1.165, 1.54) is 37.8 Å². The molecule has 0 fully saturated rings. The van der Waals surface area contributed by atoms with Crippen molar-refractivity contribution >= 4 is 33.2 Å². The fraction of sp³-hybridized carbons (Fsp3) is 0.571. The van der Waals surface area contributed by atoms with Gasteiger partial charge >= 0.3 is 0 Å². The van der Waals surface area contributed by atoms with Crippen molar-refractivity contribution in [3.63, 3.8) is 0 Å². The SMILES string of the molecule is CCCCCCC(C)Nc1c(Cl)cc(F)cc1Br. The van der Waals surface area contributed by atoms with Crippen LogP contribution in [0.2, 0.25) is 5.02 Å². The predicted molar refractivity (Wildman–Crippen MR) is 81.0 cm³/mol. The fourth-order valence-electron chi connectivity index (χ4n) is 1.88. The van der Waals surface area contributed by atoms with Crippen molar-refractivity contribution in [3.8, 4) is 0 Å². The van der Waals surface area contributed by atoms with Gasteiger partial charge in [-0.2, -0.15) is 0 Å². The van der Waals surface area contributed by atoms with Gasteiger partial charge in [-0.3, -0.25) is 0 Å². The number of benzene rings is 1. The third-order valence-electron chi connectivity index (χ3n) is 2.89. The third-order valence-corrected chi connectivity index (χ3v) is 3.81. The second kappa shape index (κ2) is 8.00. The number of unbranched alkanes of at least 4 members (excludes halogenated alkanes) is 3. The van der Waals surface area contributed by atoms with Crippen molar-refractivity contribution in [3.05, 3.63) is 27.4 Å². The van der Waals surface area contributed by atoms with E-state index < -0.39 is 0 Å². The lowest BCUT2D eigenvalue weighted by Crippen LogP contribution is -2.15. The molecule has 18 heavy (non-hydrogen) atoms. The maximum absolute atomic E-state index is 13.1. The third kappa shape index (κ3) is 5.15. The summed E-state index contributed by atoms with van der Waals surface area (Å²) in [5.74, 6) is -0.326. The molecular formula is C14H20BrClFN. The van der Waals surface area contributed by atoms with Crippen LogP contribution in [0.1, 0.15) is 46.0 Å². The van der Waals surface area contributed by atoms with Gasteiger partial charge in [0.1, 0.15) is 5.82 Å². The van der Waals surface area contributed by atoms with Gasteiger partial charge in [-0.15, -0.1) is 0 Å². The average Bonchev–Trinajstić information content (AvgIpc) is 2.29. The molecule has 1 atom stereocenters. The van der Waals surface area contributed by atoms with Crippen LogP contribution in [0.25, 0.3) is 0 Å². The molecule has 1 nitrogen and oxygen atoms in total. The van der Waals surface area contributed by atoms with Crippen molar-refractivity contribution in [1.29, 1.82) is 0 Å². The van der Waals surface area contributed by atoms with Gasteiger partial charge in [0.2, 0.25) is 0 Å². The highest BCUT2D eigenvalue weighted by Gasteiger charge is 2.10. The quantitative estimate of drug-likeness (QED) is 0.601. The highest BCUT2D eigenvalue weighted by molar-refractivity contribution is 9.10. The van der Waals surface area contributed by atoms with Crippen LogP contribution < -0.4 is 5.32 Å². The highest BCUT2D eigenvalue weighted by Crippen LogP contribution is 2.32. The van der Waals surface area contributed by atoms with Gasteiger partial charge in [0, 0.05) is 10.5 Å². The number of hydrogen-bond donors (Lipinski definition) is 1. The lowest BCUT2D eigenvalue weighted by atomic mass is 10.1. The van der Waals surface area contributed by atoms with Crippen molar-refractivity contribution < 1.29 is 4.39 Å². The molecule has 1 aromatic rings. The van der Waals surface area contributed by atoms with Crippen LogP contribution in [-0.2, 0) is 0 Å². The zero-order chi connectivity index (χ0) is 13.5. The van der Waals surface area contributed by atoms with Crippen molar-refractivity contribution in [1.82, 2.24) is 0 Å². The average molecular weight is 337 g/mol. The first-order chi connectivity index (χ1) is 8.54. The van der Waals surface area contributed by atoms with Gasteiger partial charge in [0.15, 0.2) is 0 Å². The van der Waals surface area contributed by atoms with E-state index in [9.17, 15) is 4.39 Å². The van der Waals surface area contributed by atoms with Crippen molar-refractivity contribution in [2.24, 2.45) is 0 Å². The normalized spacial score (nSPS) is 12.5. The first-order valence-corrected chi connectivity index (χ1v) is 7.62. The van der Waals surface area contributed by atoms with Crippen molar-refractivity contribution in [2.45, 2.75) is 52.0 Å². The molecule has 1 rings (SSSR count). The van der Waals surface area contributed by atoms with Gasteiger partial charge < -0.3 is 5.32 Å². The molecule has 0 aromatic heterocycles. The molecule has 0 bridgehead atoms. The molecule has 0 saturated carbocycles.